The summed E-state index contributed by atoms with van der Waals surface area (Å²) in [6, 6.07) is 15.2. The Kier molecular flexibility index (Phi) is 10.5. The molecule has 3 aromatic rings. The van der Waals surface area contributed by atoms with Crippen molar-refractivity contribution >= 4 is 74.4 Å². The normalized spacial score (nSPS) is 10.7. The van der Waals surface area contributed by atoms with E-state index in [0.717, 1.165) is 5.56 Å². The number of para-hydroxylation sites is 1. The van der Waals surface area contributed by atoms with Crippen molar-refractivity contribution in [2.75, 3.05) is 24.4 Å². The number of hydrazone groups is 1. The average Bonchev–Trinajstić information content (AvgIpc) is 2.90. The Bertz CT molecular complexity index is 1380. The van der Waals surface area contributed by atoms with Crippen molar-refractivity contribution in [3.05, 3.63) is 80.2 Å². The molecule has 12 heteroatoms. The lowest BCUT2D eigenvalue weighted by atomic mass is 10.1. The maximum Gasteiger partial charge on any atom is 0.329 e. The van der Waals surface area contributed by atoms with Crippen molar-refractivity contribution in [2.24, 2.45) is 5.10 Å². The van der Waals surface area contributed by atoms with Gasteiger partial charge in [0.25, 0.3) is 5.91 Å². The van der Waals surface area contributed by atoms with E-state index in [1.165, 1.54) is 19.4 Å². The topological polar surface area (TPSA) is 118 Å². The molecule has 0 fully saturated rings. The summed E-state index contributed by atoms with van der Waals surface area (Å²) in [4.78, 5) is 36.7. The Morgan fingerprint density at radius 3 is 2.47 bits per heavy atom. The molecule has 3 rings (SSSR count). The first-order valence-corrected chi connectivity index (χ1v) is 12.7. The zero-order chi connectivity index (χ0) is 27.7. The van der Waals surface area contributed by atoms with E-state index in [1.807, 2.05) is 19.1 Å². The standard InChI is InChI=1S/C26H23BrCl2N4O5/c1-3-16-6-4-5-7-21(16)32-25(35)26(36)33-30-13-15-10-18(27)24(22(11-15)37-2)38-14-23(34)31-17-8-9-19(28)20(29)12-17/h4-13H,3,14H2,1-2H3,(H,31,34)(H,32,35)(H,33,36)/b30-13-. The van der Waals surface area contributed by atoms with Crippen molar-refractivity contribution in [1.82, 2.24) is 5.43 Å². The summed E-state index contributed by atoms with van der Waals surface area (Å²) in [6.45, 7) is 1.64. The van der Waals surface area contributed by atoms with Gasteiger partial charge in [-0.25, -0.2) is 5.43 Å². The predicted molar refractivity (Wildman–Crippen MR) is 151 cm³/mol. The first-order chi connectivity index (χ1) is 18.2. The Hall–Kier alpha value is -3.60. The molecule has 0 bridgehead atoms. The van der Waals surface area contributed by atoms with Crippen LogP contribution >= 0.6 is 39.1 Å². The van der Waals surface area contributed by atoms with Gasteiger partial charge in [0.1, 0.15) is 0 Å². The number of anilines is 2. The molecule has 0 spiro atoms. The number of ether oxygens (including phenoxy) is 2. The van der Waals surface area contributed by atoms with Gasteiger partial charge in [0, 0.05) is 11.4 Å². The van der Waals surface area contributed by atoms with Crippen LogP contribution in [-0.2, 0) is 20.8 Å². The lowest BCUT2D eigenvalue weighted by Gasteiger charge is -2.13. The van der Waals surface area contributed by atoms with Gasteiger partial charge in [0.2, 0.25) is 0 Å². The van der Waals surface area contributed by atoms with Crippen molar-refractivity contribution in [1.29, 1.82) is 0 Å². The third-order valence-corrected chi connectivity index (χ3v) is 6.36. The third kappa shape index (κ3) is 7.95. The van der Waals surface area contributed by atoms with Gasteiger partial charge >= 0.3 is 11.8 Å². The van der Waals surface area contributed by atoms with Crippen LogP contribution in [0.25, 0.3) is 0 Å². The number of methoxy groups -OCH3 is 1. The van der Waals surface area contributed by atoms with Crippen molar-refractivity contribution < 1.29 is 23.9 Å². The molecule has 3 aromatic carbocycles. The van der Waals surface area contributed by atoms with Gasteiger partial charge in [-0.2, -0.15) is 5.10 Å². The molecule has 0 aliphatic carbocycles. The zero-order valence-electron chi connectivity index (χ0n) is 20.3. The van der Waals surface area contributed by atoms with Crippen molar-refractivity contribution in [3.63, 3.8) is 0 Å². The largest absolute Gasteiger partial charge is 0.493 e. The van der Waals surface area contributed by atoms with E-state index < -0.39 is 17.7 Å². The van der Waals surface area contributed by atoms with Crippen LogP contribution in [0.1, 0.15) is 18.1 Å². The minimum absolute atomic E-state index is 0.284. The lowest BCUT2D eigenvalue weighted by molar-refractivity contribution is -0.136. The van der Waals surface area contributed by atoms with E-state index in [9.17, 15) is 14.4 Å². The number of carbonyl (C=O) groups is 3. The molecule has 0 saturated carbocycles. The summed E-state index contributed by atoms with van der Waals surface area (Å²) in [5, 5.41) is 9.76. The van der Waals surface area contributed by atoms with Crippen LogP contribution in [-0.4, -0.2) is 37.7 Å². The van der Waals surface area contributed by atoms with E-state index >= 15 is 0 Å². The fourth-order valence-electron chi connectivity index (χ4n) is 3.21. The number of rotatable bonds is 9. The molecule has 9 nitrogen and oxygen atoms in total. The van der Waals surface area contributed by atoms with Crippen LogP contribution in [0.15, 0.2) is 64.2 Å². The zero-order valence-corrected chi connectivity index (χ0v) is 23.4. The van der Waals surface area contributed by atoms with E-state index in [-0.39, 0.29) is 12.4 Å². The Balaban J connectivity index is 1.59. The summed E-state index contributed by atoms with van der Waals surface area (Å²) in [7, 11) is 1.44. The Labute approximate surface area is 237 Å². The second-order valence-corrected chi connectivity index (χ2v) is 9.33. The summed E-state index contributed by atoms with van der Waals surface area (Å²) in [6.07, 6.45) is 2.04. The van der Waals surface area contributed by atoms with E-state index in [2.05, 4.69) is 37.1 Å². The number of benzene rings is 3. The van der Waals surface area contributed by atoms with Crippen LogP contribution in [0.5, 0.6) is 11.5 Å². The number of amides is 3. The maximum atomic E-state index is 12.3. The quantitative estimate of drug-likeness (QED) is 0.167. The second-order valence-electron chi connectivity index (χ2n) is 7.66. The molecular formula is C26H23BrCl2N4O5. The molecule has 0 heterocycles. The summed E-state index contributed by atoms with van der Waals surface area (Å²) in [5.74, 6) is -1.60. The molecule has 198 valence electrons. The highest BCUT2D eigenvalue weighted by molar-refractivity contribution is 9.10. The molecule has 38 heavy (non-hydrogen) atoms. The highest BCUT2D eigenvalue weighted by Gasteiger charge is 2.16. The van der Waals surface area contributed by atoms with Gasteiger partial charge in [0.05, 0.1) is 27.8 Å². The van der Waals surface area contributed by atoms with E-state index in [1.54, 1.807) is 36.4 Å². The summed E-state index contributed by atoms with van der Waals surface area (Å²) in [5.41, 5.74) is 4.66. The van der Waals surface area contributed by atoms with E-state index in [0.29, 0.717) is 43.6 Å². The third-order valence-electron chi connectivity index (χ3n) is 5.04. The monoisotopic (exact) mass is 620 g/mol. The van der Waals surface area contributed by atoms with Crippen LogP contribution in [0.4, 0.5) is 11.4 Å². The van der Waals surface area contributed by atoms with Gasteiger partial charge in [-0.3, -0.25) is 14.4 Å². The Morgan fingerprint density at radius 1 is 1.00 bits per heavy atom. The van der Waals surface area contributed by atoms with Crippen molar-refractivity contribution in [2.45, 2.75) is 13.3 Å². The number of aryl methyl sites for hydroxylation is 1. The molecule has 3 amide bonds. The minimum Gasteiger partial charge on any atom is -0.493 e. The number of nitrogens with zero attached hydrogens (tertiary/aromatic N) is 1. The van der Waals surface area contributed by atoms with Crippen molar-refractivity contribution in [3.8, 4) is 11.5 Å². The van der Waals surface area contributed by atoms with Gasteiger partial charge in [-0.15, -0.1) is 0 Å². The van der Waals surface area contributed by atoms with Gasteiger partial charge in [-0.1, -0.05) is 48.3 Å². The number of nitrogens with one attached hydrogen (secondary N) is 3. The molecule has 0 unspecified atom stereocenters. The lowest BCUT2D eigenvalue weighted by Crippen LogP contribution is -2.32. The van der Waals surface area contributed by atoms with Gasteiger partial charge < -0.3 is 20.1 Å². The number of hydrogen-bond donors (Lipinski definition) is 3. The Morgan fingerprint density at radius 2 is 1.76 bits per heavy atom. The summed E-state index contributed by atoms with van der Waals surface area (Å²) >= 11 is 15.2. The van der Waals surface area contributed by atoms with Crippen LogP contribution < -0.4 is 25.5 Å². The van der Waals surface area contributed by atoms with Crippen LogP contribution in [0, 0.1) is 0 Å². The molecule has 0 aromatic heterocycles. The molecular weight excluding hydrogens is 599 g/mol. The fraction of sp³-hybridized carbons (Fsp3) is 0.154. The SMILES string of the molecule is CCc1ccccc1NC(=O)C(=O)N/N=C\c1cc(Br)c(OCC(=O)Nc2ccc(Cl)c(Cl)c2)c(OC)c1. The molecule has 0 aliphatic rings. The molecule has 0 aliphatic heterocycles. The van der Waals surface area contributed by atoms with E-state index in [4.69, 9.17) is 32.7 Å². The van der Waals surface area contributed by atoms with Gasteiger partial charge in [-0.05, 0) is 69.9 Å². The smallest absolute Gasteiger partial charge is 0.329 e. The highest BCUT2D eigenvalue weighted by Crippen LogP contribution is 2.36. The molecule has 0 atom stereocenters. The second kappa shape index (κ2) is 13.8. The van der Waals surface area contributed by atoms with Gasteiger partial charge in [0.15, 0.2) is 18.1 Å². The van der Waals surface area contributed by atoms with Crippen LogP contribution in [0.2, 0.25) is 10.0 Å². The minimum atomic E-state index is -0.925. The van der Waals surface area contributed by atoms with Crippen LogP contribution in [0.3, 0.4) is 0 Å². The number of hydrogen-bond acceptors (Lipinski definition) is 6. The maximum absolute atomic E-state index is 12.3. The highest BCUT2D eigenvalue weighted by atomic mass is 79.9. The molecule has 3 N–H and O–H groups in total. The number of carbonyl (C=O) groups excluding carboxylic acids is 3. The average molecular weight is 622 g/mol. The number of halogens is 3. The molecule has 0 radical (unpaired) electrons. The first kappa shape index (κ1) is 29.0. The fourth-order valence-corrected chi connectivity index (χ4v) is 4.08. The summed E-state index contributed by atoms with van der Waals surface area (Å²) < 4.78 is 11.5. The molecule has 0 saturated heterocycles. The first-order valence-electron chi connectivity index (χ1n) is 11.2. The predicted octanol–water partition coefficient (Wildman–Crippen LogP) is 5.43.